The molecule has 2 atom stereocenters. The average molecular weight is 710 g/mol. The Morgan fingerprint density at radius 1 is 0.889 bits per heavy atom. The van der Waals surface area contributed by atoms with Gasteiger partial charge in [-0.3, -0.25) is 0 Å². The van der Waals surface area contributed by atoms with Gasteiger partial charge in [-0.25, -0.2) is 8.42 Å². The zero-order valence-corrected chi connectivity index (χ0v) is 31.6. The predicted molar refractivity (Wildman–Crippen MR) is 185 cm³/mol. The summed E-state index contributed by atoms with van der Waals surface area (Å²) in [7, 11) is 0.303. The molecule has 0 unspecified atom stereocenters. The lowest BCUT2D eigenvalue weighted by atomic mass is 9.68. The van der Waals surface area contributed by atoms with Gasteiger partial charge in [0, 0.05) is 31.1 Å². The molecule has 0 aromatic heterocycles. The van der Waals surface area contributed by atoms with Gasteiger partial charge in [0.1, 0.15) is 5.75 Å². The number of rotatable bonds is 18. The third-order valence-corrected chi connectivity index (χ3v) is 12.4. The Morgan fingerprint density at radius 3 is 2.11 bits per heavy atom. The lowest BCUT2D eigenvalue weighted by Crippen LogP contribution is -3.00. The molecular weight excluding hydrogens is 648 g/mol. The van der Waals surface area contributed by atoms with E-state index in [0.717, 1.165) is 55.5 Å². The van der Waals surface area contributed by atoms with Crippen LogP contribution in [0, 0.1) is 5.41 Å². The van der Waals surface area contributed by atoms with Gasteiger partial charge < -0.3 is 36.2 Å². The quantitative estimate of drug-likeness (QED) is 0.178. The second-order valence-electron chi connectivity index (χ2n) is 13.4. The van der Waals surface area contributed by atoms with Gasteiger partial charge in [-0.2, -0.15) is 0 Å². The molecule has 0 fully saturated rings. The van der Waals surface area contributed by atoms with Crippen molar-refractivity contribution in [3.63, 3.8) is 0 Å². The van der Waals surface area contributed by atoms with E-state index in [2.05, 4.69) is 34.6 Å². The molecular formula is C37H61BrN2O4S. The topological polar surface area (TPSA) is 66.8 Å². The van der Waals surface area contributed by atoms with Crippen molar-refractivity contribution in [2.45, 2.75) is 109 Å². The molecule has 0 saturated heterocycles. The molecule has 1 N–H and O–H groups in total. The van der Waals surface area contributed by atoms with Gasteiger partial charge in [-0.15, -0.1) is 0 Å². The number of sulfone groups is 1. The molecule has 3 rings (SSSR count). The molecule has 8 heteroatoms. The molecule has 1 aliphatic rings. The van der Waals surface area contributed by atoms with Gasteiger partial charge in [0.05, 0.1) is 49.5 Å². The standard InChI is InChI=1S/C37H61N2O4S.BrH/c1-8-13-23-37(24-14-9-2)29-44(41,42)34-22-21-31(38(6)7)28-33(34)35(36(37)40)30-19-18-20-32(27-30)43-26-17-15-16-25-39(10-3,11-4)12-5;/h18-22,27-28,35-36,40H,8-17,23-26,29H2,1-7H3;1H/q+1;/p-1/t35-,36-;/m1./s1. The van der Waals surface area contributed by atoms with Crippen LogP contribution in [0.4, 0.5) is 5.69 Å². The maximum Gasteiger partial charge on any atom is 0.179 e. The number of ether oxygens (including phenoxy) is 1. The summed E-state index contributed by atoms with van der Waals surface area (Å²) < 4.78 is 35.7. The van der Waals surface area contributed by atoms with Crippen molar-refractivity contribution in [2.24, 2.45) is 5.41 Å². The number of aliphatic hydroxyl groups is 1. The van der Waals surface area contributed by atoms with Crippen LogP contribution in [0.3, 0.4) is 0 Å². The highest BCUT2D eigenvalue weighted by atomic mass is 79.9. The number of hydrogen-bond acceptors (Lipinski definition) is 5. The van der Waals surface area contributed by atoms with Gasteiger partial charge in [-0.05, 0) is 94.3 Å². The van der Waals surface area contributed by atoms with Crippen LogP contribution in [0.25, 0.3) is 0 Å². The van der Waals surface area contributed by atoms with Crippen LogP contribution >= 0.6 is 0 Å². The number of aliphatic hydroxyl groups excluding tert-OH is 1. The van der Waals surface area contributed by atoms with Crippen molar-refractivity contribution < 1.29 is 39.7 Å². The fourth-order valence-corrected chi connectivity index (χ4v) is 9.44. The SMILES string of the molecule is CCCCC1(CCCC)CS(=O)(=O)c2ccc(N(C)C)cc2[C@@H](c2cccc(OCCCCC[N+](CC)(CC)CC)c2)[C@H]1O.[Br-]. The molecule has 6 nitrogen and oxygen atoms in total. The van der Waals surface area contributed by atoms with Crippen molar-refractivity contribution in [3.8, 4) is 5.75 Å². The Morgan fingerprint density at radius 2 is 1.53 bits per heavy atom. The number of nitrogens with zero attached hydrogens (tertiary/aromatic N) is 2. The minimum atomic E-state index is -3.62. The summed E-state index contributed by atoms with van der Waals surface area (Å²) >= 11 is 0. The van der Waals surface area contributed by atoms with Crippen molar-refractivity contribution in [2.75, 3.05) is 57.5 Å². The first kappa shape index (κ1) is 39.6. The van der Waals surface area contributed by atoms with Crippen LogP contribution in [0.5, 0.6) is 5.75 Å². The van der Waals surface area contributed by atoms with Crippen molar-refractivity contribution in [3.05, 3.63) is 53.6 Å². The average Bonchev–Trinajstić information content (AvgIpc) is 3.09. The number of benzene rings is 2. The highest BCUT2D eigenvalue weighted by Crippen LogP contribution is 2.50. The molecule has 1 aliphatic heterocycles. The highest BCUT2D eigenvalue weighted by Gasteiger charge is 2.49. The van der Waals surface area contributed by atoms with Crippen LogP contribution in [0.15, 0.2) is 47.4 Å². The summed E-state index contributed by atoms with van der Waals surface area (Å²) in [5.41, 5.74) is 1.82. The van der Waals surface area contributed by atoms with Crippen LogP contribution < -0.4 is 26.6 Å². The lowest BCUT2D eigenvalue weighted by Gasteiger charge is -2.40. The Balaban J connectivity index is 0.00000705. The highest BCUT2D eigenvalue weighted by molar-refractivity contribution is 7.91. The van der Waals surface area contributed by atoms with E-state index in [1.54, 1.807) is 6.07 Å². The monoisotopic (exact) mass is 708 g/mol. The van der Waals surface area contributed by atoms with Crippen molar-refractivity contribution >= 4 is 15.5 Å². The van der Waals surface area contributed by atoms with Gasteiger partial charge in [0.15, 0.2) is 9.84 Å². The number of hydrogen-bond donors (Lipinski definition) is 1. The number of anilines is 1. The van der Waals surface area contributed by atoms with Crippen LogP contribution in [0.2, 0.25) is 0 Å². The zero-order valence-electron chi connectivity index (χ0n) is 29.2. The first-order valence-electron chi connectivity index (χ1n) is 17.3. The third kappa shape index (κ3) is 9.71. The fraction of sp³-hybridized carbons (Fsp3) is 0.676. The first-order valence-corrected chi connectivity index (χ1v) is 19.0. The Hall–Kier alpha value is -1.61. The number of fused-ring (bicyclic) bond motifs is 1. The molecule has 0 radical (unpaired) electrons. The maximum atomic E-state index is 14.1. The predicted octanol–water partition coefficient (Wildman–Crippen LogP) is 4.83. The van der Waals surface area contributed by atoms with Crippen LogP contribution in [-0.4, -0.2) is 76.7 Å². The minimum Gasteiger partial charge on any atom is -1.00 e. The first-order chi connectivity index (χ1) is 21.0. The largest absolute Gasteiger partial charge is 1.00 e. The van der Waals surface area contributed by atoms with Gasteiger partial charge in [0.25, 0.3) is 0 Å². The molecule has 45 heavy (non-hydrogen) atoms. The smallest absolute Gasteiger partial charge is 0.179 e. The molecule has 0 spiro atoms. The van der Waals surface area contributed by atoms with Gasteiger partial charge in [-0.1, -0.05) is 51.7 Å². The minimum absolute atomic E-state index is 0. The third-order valence-electron chi connectivity index (χ3n) is 10.4. The Labute approximate surface area is 285 Å². The van der Waals surface area contributed by atoms with E-state index in [4.69, 9.17) is 4.74 Å². The zero-order chi connectivity index (χ0) is 32.4. The van der Waals surface area contributed by atoms with Crippen LogP contribution in [0.1, 0.15) is 109 Å². The number of halogens is 1. The van der Waals surface area contributed by atoms with E-state index in [0.29, 0.717) is 29.9 Å². The Bertz CT molecular complexity index is 1260. The van der Waals surface area contributed by atoms with E-state index >= 15 is 0 Å². The molecule has 2 aromatic carbocycles. The second kappa shape index (κ2) is 18.1. The molecule has 0 saturated carbocycles. The summed E-state index contributed by atoms with van der Waals surface area (Å²) in [5.74, 6) is 0.291. The van der Waals surface area contributed by atoms with Crippen molar-refractivity contribution in [1.82, 2.24) is 0 Å². The number of quaternary nitrogens is 1. The van der Waals surface area contributed by atoms with Gasteiger partial charge >= 0.3 is 0 Å². The normalized spacial score (nSPS) is 18.8. The molecule has 1 heterocycles. The molecule has 2 aromatic rings. The molecule has 0 aliphatic carbocycles. The lowest BCUT2D eigenvalue weighted by molar-refractivity contribution is -0.923. The van der Waals surface area contributed by atoms with E-state index in [-0.39, 0.29) is 22.7 Å². The van der Waals surface area contributed by atoms with E-state index in [1.807, 2.05) is 55.4 Å². The summed E-state index contributed by atoms with van der Waals surface area (Å²) in [4.78, 5) is 2.35. The maximum absolute atomic E-state index is 14.1. The summed E-state index contributed by atoms with van der Waals surface area (Å²) in [6.45, 7) is 16.6. The molecule has 0 bridgehead atoms. The van der Waals surface area contributed by atoms with Crippen LogP contribution in [-0.2, 0) is 9.84 Å². The number of unbranched alkanes of at least 4 members (excludes halogenated alkanes) is 4. The summed E-state index contributed by atoms with van der Waals surface area (Å²) in [5, 5.41) is 12.4. The molecule has 0 amide bonds. The fourth-order valence-electron chi connectivity index (χ4n) is 7.25. The Kier molecular flexibility index (Phi) is 15.9. The van der Waals surface area contributed by atoms with Gasteiger partial charge in [0.2, 0.25) is 0 Å². The molecule has 256 valence electrons. The summed E-state index contributed by atoms with van der Waals surface area (Å²) in [6.07, 6.45) is 7.58. The van der Waals surface area contributed by atoms with E-state index in [1.165, 1.54) is 37.1 Å². The summed E-state index contributed by atoms with van der Waals surface area (Å²) in [6, 6.07) is 13.7. The second-order valence-corrected chi connectivity index (χ2v) is 15.3. The van der Waals surface area contributed by atoms with Crippen molar-refractivity contribution in [1.29, 1.82) is 0 Å². The van der Waals surface area contributed by atoms with E-state index in [9.17, 15) is 13.5 Å². The van der Waals surface area contributed by atoms with E-state index < -0.39 is 27.3 Å².